The van der Waals surface area contributed by atoms with Crippen molar-refractivity contribution in [3.05, 3.63) is 70.7 Å². The van der Waals surface area contributed by atoms with E-state index in [4.69, 9.17) is 14.8 Å². The molecule has 1 N–H and O–H groups in total. The van der Waals surface area contributed by atoms with Crippen LogP contribution in [0, 0.1) is 27.7 Å². The lowest BCUT2D eigenvalue weighted by Crippen LogP contribution is -2.28. The van der Waals surface area contributed by atoms with Crippen molar-refractivity contribution in [3.63, 3.8) is 0 Å². The summed E-state index contributed by atoms with van der Waals surface area (Å²) in [5.74, 6) is 1.42. The molecule has 0 aliphatic heterocycles. The van der Waals surface area contributed by atoms with Crippen LogP contribution in [0.1, 0.15) is 28.2 Å². The number of fused-ring (bicyclic) bond motifs is 1. The SMILES string of the molecule is COc1ccccc1CNC(=O)Cn1nc(-n2c(C)ccc2C)c2c(C)cc(C)nc21. The molecule has 1 amide bonds. The summed E-state index contributed by atoms with van der Waals surface area (Å²) in [6.07, 6.45) is 0. The minimum atomic E-state index is -0.135. The number of para-hydroxylation sites is 1. The first-order valence-electron chi connectivity index (χ1n) is 10.3. The molecule has 0 aliphatic rings. The van der Waals surface area contributed by atoms with Crippen LogP contribution in [0.3, 0.4) is 0 Å². The number of aromatic nitrogens is 4. The van der Waals surface area contributed by atoms with E-state index in [-0.39, 0.29) is 12.5 Å². The Kier molecular flexibility index (Phi) is 5.50. The zero-order valence-corrected chi connectivity index (χ0v) is 18.6. The summed E-state index contributed by atoms with van der Waals surface area (Å²) in [7, 11) is 1.62. The molecule has 1 aromatic carbocycles. The van der Waals surface area contributed by atoms with Gasteiger partial charge in [-0.15, -0.1) is 0 Å². The number of benzene rings is 1. The number of carbonyl (C=O) groups is 1. The highest BCUT2D eigenvalue weighted by molar-refractivity contribution is 5.88. The number of pyridine rings is 1. The highest BCUT2D eigenvalue weighted by Crippen LogP contribution is 2.27. The minimum absolute atomic E-state index is 0.0842. The van der Waals surface area contributed by atoms with E-state index in [1.807, 2.05) is 37.3 Å². The molecule has 160 valence electrons. The van der Waals surface area contributed by atoms with Gasteiger partial charge in [0.15, 0.2) is 11.5 Å². The number of methoxy groups -OCH3 is 1. The molecule has 0 atom stereocenters. The standard InChI is InChI=1S/C24H27N5O2/c1-15-12-16(2)26-23-22(15)24(29-17(3)10-11-18(29)4)27-28(23)14-21(30)25-13-19-8-6-7-9-20(19)31-5/h6-12H,13-14H2,1-5H3,(H,25,30). The van der Waals surface area contributed by atoms with E-state index in [0.717, 1.165) is 45.2 Å². The molecule has 31 heavy (non-hydrogen) atoms. The normalized spacial score (nSPS) is 11.1. The number of nitrogens with zero attached hydrogens (tertiary/aromatic N) is 4. The molecule has 0 spiro atoms. The molecule has 4 aromatic rings. The highest BCUT2D eigenvalue weighted by atomic mass is 16.5. The number of carbonyl (C=O) groups excluding carboxylic acids is 1. The minimum Gasteiger partial charge on any atom is -0.496 e. The molecule has 4 rings (SSSR count). The fourth-order valence-electron chi connectivity index (χ4n) is 4.00. The maximum Gasteiger partial charge on any atom is 0.242 e. The lowest BCUT2D eigenvalue weighted by molar-refractivity contribution is -0.121. The van der Waals surface area contributed by atoms with Crippen molar-refractivity contribution < 1.29 is 9.53 Å². The van der Waals surface area contributed by atoms with Crippen LogP contribution in [-0.2, 0) is 17.9 Å². The van der Waals surface area contributed by atoms with E-state index in [1.165, 1.54) is 0 Å². The van der Waals surface area contributed by atoms with Gasteiger partial charge in [0.1, 0.15) is 12.3 Å². The fourth-order valence-corrected chi connectivity index (χ4v) is 4.00. The second-order valence-electron chi connectivity index (χ2n) is 7.80. The number of aryl methyl sites for hydroxylation is 4. The molecule has 0 fully saturated rings. The molecule has 3 aromatic heterocycles. The van der Waals surface area contributed by atoms with Gasteiger partial charge in [-0.1, -0.05) is 18.2 Å². The molecule has 0 aliphatic carbocycles. The fraction of sp³-hybridized carbons (Fsp3) is 0.292. The summed E-state index contributed by atoms with van der Waals surface area (Å²) in [4.78, 5) is 17.5. The van der Waals surface area contributed by atoms with Gasteiger partial charge in [-0.25, -0.2) is 9.67 Å². The monoisotopic (exact) mass is 417 g/mol. The summed E-state index contributed by atoms with van der Waals surface area (Å²) in [5.41, 5.74) is 5.80. The predicted octanol–water partition coefficient (Wildman–Crippen LogP) is 3.78. The number of hydrogen-bond acceptors (Lipinski definition) is 4. The van der Waals surface area contributed by atoms with E-state index >= 15 is 0 Å². The first-order valence-corrected chi connectivity index (χ1v) is 10.3. The highest BCUT2D eigenvalue weighted by Gasteiger charge is 2.20. The lowest BCUT2D eigenvalue weighted by atomic mass is 10.1. The predicted molar refractivity (Wildman–Crippen MR) is 121 cm³/mol. The largest absolute Gasteiger partial charge is 0.496 e. The molecular weight excluding hydrogens is 390 g/mol. The summed E-state index contributed by atoms with van der Waals surface area (Å²) >= 11 is 0. The van der Waals surface area contributed by atoms with E-state index in [2.05, 4.69) is 42.8 Å². The Labute approximate surface area is 181 Å². The van der Waals surface area contributed by atoms with Crippen LogP contribution >= 0.6 is 0 Å². The van der Waals surface area contributed by atoms with Crippen LogP contribution < -0.4 is 10.1 Å². The van der Waals surface area contributed by atoms with Gasteiger partial charge in [0.05, 0.1) is 12.5 Å². The quantitative estimate of drug-likeness (QED) is 0.518. The van der Waals surface area contributed by atoms with Crippen molar-refractivity contribution >= 4 is 16.9 Å². The summed E-state index contributed by atoms with van der Waals surface area (Å²) in [6.45, 7) is 8.58. The average molecular weight is 418 g/mol. The van der Waals surface area contributed by atoms with Crippen molar-refractivity contribution in [2.75, 3.05) is 7.11 Å². The topological polar surface area (TPSA) is 74.0 Å². The van der Waals surface area contributed by atoms with Crippen LogP contribution in [0.2, 0.25) is 0 Å². The van der Waals surface area contributed by atoms with E-state index < -0.39 is 0 Å². The first kappa shape index (κ1) is 20.7. The number of ether oxygens (including phenoxy) is 1. The van der Waals surface area contributed by atoms with Gasteiger partial charge < -0.3 is 14.6 Å². The van der Waals surface area contributed by atoms with Crippen molar-refractivity contribution in [1.29, 1.82) is 0 Å². The van der Waals surface area contributed by atoms with Crippen molar-refractivity contribution in [2.24, 2.45) is 0 Å². The van der Waals surface area contributed by atoms with E-state index in [1.54, 1.807) is 11.8 Å². The smallest absolute Gasteiger partial charge is 0.242 e. The molecule has 0 saturated heterocycles. The summed E-state index contributed by atoms with van der Waals surface area (Å²) in [5, 5.41) is 8.75. The second-order valence-corrected chi connectivity index (χ2v) is 7.80. The average Bonchev–Trinajstić information content (AvgIpc) is 3.25. The lowest BCUT2D eigenvalue weighted by Gasteiger charge is -2.10. The third-order valence-corrected chi connectivity index (χ3v) is 5.45. The van der Waals surface area contributed by atoms with Gasteiger partial charge in [-0.05, 0) is 57.5 Å². The molecule has 7 heteroatoms. The Morgan fingerprint density at radius 3 is 2.48 bits per heavy atom. The Balaban J connectivity index is 1.67. The van der Waals surface area contributed by atoms with Crippen molar-refractivity contribution in [3.8, 4) is 11.6 Å². The Bertz CT molecular complexity index is 1250. The zero-order valence-electron chi connectivity index (χ0n) is 18.6. The van der Waals surface area contributed by atoms with Gasteiger partial charge >= 0.3 is 0 Å². The zero-order chi connectivity index (χ0) is 22.1. The van der Waals surface area contributed by atoms with Gasteiger partial charge in [0.2, 0.25) is 5.91 Å². The third-order valence-electron chi connectivity index (χ3n) is 5.45. The van der Waals surface area contributed by atoms with Crippen molar-refractivity contribution in [1.82, 2.24) is 24.6 Å². The number of rotatable bonds is 6. The number of amides is 1. The van der Waals surface area contributed by atoms with E-state index in [0.29, 0.717) is 12.2 Å². The molecule has 0 unspecified atom stereocenters. The van der Waals surface area contributed by atoms with Crippen LogP contribution in [0.25, 0.3) is 16.9 Å². The second kappa shape index (κ2) is 8.26. The Morgan fingerprint density at radius 1 is 1.06 bits per heavy atom. The Morgan fingerprint density at radius 2 is 1.77 bits per heavy atom. The third kappa shape index (κ3) is 3.91. The van der Waals surface area contributed by atoms with Gasteiger partial charge in [-0.3, -0.25) is 4.79 Å². The number of hydrogen-bond donors (Lipinski definition) is 1. The van der Waals surface area contributed by atoms with Gasteiger partial charge in [-0.2, -0.15) is 5.10 Å². The van der Waals surface area contributed by atoms with Gasteiger partial charge in [0, 0.05) is 29.2 Å². The first-order chi connectivity index (χ1) is 14.9. The summed E-state index contributed by atoms with van der Waals surface area (Å²) in [6, 6.07) is 13.8. The number of nitrogens with one attached hydrogen (secondary N) is 1. The molecular formula is C24H27N5O2. The maximum absolute atomic E-state index is 12.8. The molecule has 3 heterocycles. The molecule has 7 nitrogen and oxygen atoms in total. The van der Waals surface area contributed by atoms with Crippen LogP contribution in [0.4, 0.5) is 0 Å². The van der Waals surface area contributed by atoms with E-state index in [9.17, 15) is 4.79 Å². The van der Waals surface area contributed by atoms with Crippen LogP contribution in [0.5, 0.6) is 5.75 Å². The molecule has 0 bridgehead atoms. The van der Waals surface area contributed by atoms with Crippen LogP contribution in [-0.4, -0.2) is 32.3 Å². The maximum atomic E-state index is 12.8. The Hall–Kier alpha value is -3.61. The molecule has 0 radical (unpaired) electrons. The van der Waals surface area contributed by atoms with Crippen molar-refractivity contribution in [2.45, 2.75) is 40.8 Å². The van der Waals surface area contributed by atoms with Crippen LogP contribution in [0.15, 0.2) is 42.5 Å². The molecule has 0 saturated carbocycles. The van der Waals surface area contributed by atoms with Gasteiger partial charge in [0.25, 0.3) is 0 Å². The summed E-state index contributed by atoms with van der Waals surface area (Å²) < 4.78 is 9.17.